The summed E-state index contributed by atoms with van der Waals surface area (Å²) in [5.41, 5.74) is 0.116. The van der Waals surface area contributed by atoms with E-state index < -0.39 is 84.7 Å². The molecule has 1 aliphatic carbocycles. The minimum Gasteiger partial charge on any atom is -0.462 e. The number of ether oxygens (including phenoxy) is 10. The fourth-order valence-electron chi connectivity index (χ4n) is 11.0. The first-order valence-corrected chi connectivity index (χ1v) is 23.8. The Morgan fingerprint density at radius 2 is 1.65 bits per heavy atom. The predicted octanol–water partition coefficient (Wildman–Crippen LogP) is 5.52. The zero-order valence-electron chi connectivity index (χ0n) is 40.2. The number of carbonyl (C=O) groups is 2. The van der Waals surface area contributed by atoms with Crippen LogP contribution in [0.15, 0.2) is 59.3 Å². The van der Waals surface area contributed by atoms with Crippen molar-refractivity contribution in [3.63, 3.8) is 0 Å². The van der Waals surface area contributed by atoms with Gasteiger partial charge >= 0.3 is 5.97 Å². The van der Waals surface area contributed by atoms with Crippen LogP contribution in [0.3, 0.4) is 0 Å². The molecule has 20 atom stereocenters. The smallest absolute Gasteiger partial charge is 0.316 e. The van der Waals surface area contributed by atoms with Crippen LogP contribution in [0.5, 0.6) is 0 Å². The second-order valence-electron chi connectivity index (χ2n) is 19.7. The Balaban J connectivity index is 1.16. The Labute approximate surface area is 385 Å². The van der Waals surface area contributed by atoms with Crippen LogP contribution in [-0.2, 0) is 57.0 Å². The van der Waals surface area contributed by atoms with Crippen molar-refractivity contribution in [1.29, 1.82) is 0 Å². The first-order valence-electron chi connectivity index (χ1n) is 23.8. The summed E-state index contributed by atoms with van der Waals surface area (Å²) < 4.78 is 64.4. The molecule has 4 saturated heterocycles. The van der Waals surface area contributed by atoms with Gasteiger partial charge in [-0.2, -0.15) is 0 Å². The average Bonchev–Trinajstić information content (AvgIpc) is 3.61. The van der Waals surface area contributed by atoms with E-state index in [0.29, 0.717) is 36.8 Å². The van der Waals surface area contributed by atoms with Crippen molar-refractivity contribution in [1.82, 2.24) is 5.32 Å². The molecule has 6 heterocycles. The third kappa shape index (κ3) is 10.6. The van der Waals surface area contributed by atoms with Gasteiger partial charge in [-0.05, 0) is 62.8 Å². The normalized spacial score (nSPS) is 47.3. The van der Waals surface area contributed by atoms with E-state index in [1.54, 1.807) is 33.3 Å². The van der Waals surface area contributed by atoms with Crippen molar-refractivity contribution >= 4 is 11.9 Å². The molecule has 15 heteroatoms. The summed E-state index contributed by atoms with van der Waals surface area (Å²) in [6.45, 7) is 17.7. The first-order chi connectivity index (χ1) is 30.9. The number of aliphatic hydroxyl groups excluding tert-OH is 1. The van der Waals surface area contributed by atoms with E-state index in [0.717, 1.165) is 12.0 Å². The van der Waals surface area contributed by atoms with Gasteiger partial charge in [-0.15, -0.1) is 0 Å². The molecule has 0 radical (unpaired) electrons. The lowest BCUT2D eigenvalue weighted by Gasteiger charge is -2.48. The fourth-order valence-corrected chi connectivity index (χ4v) is 11.0. The number of hydrogen-bond donors (Lipinski definition) is 3. The molecular weight excluding hydrogens is 839 g/mol. The molecule has 6 aliphatic heterocycles. The van der Waals surface area contributed by atoms with Crippen molar-refractivity contribution in [2.24, 2.45) is 23.7 Å². The van der Waals surface area contributed by atoms with Crippen LogP contribution in [0, 0.1) is 23.7 Å². The second-order valence-corrected chi connectivity index (χ2v) is 19.7. The lowest BCUT2D eigenvalue weighted by atomic mass is 9.71. The molecule has 3 N–H and O–H groups in total. The molecule has 0 aromatic heterocycles. The summed E-state index contributed by atoms with van der Waals surface area (Å²) in [6, 6.07) is -0.315. The summed E-state index contributed by atoms with van der Waals surface area (Å²) in [5.74, 6) is -2.75. The van der Waals surface area contributed by atoms with Crippen LogP contribution in [0.1, 0.15) is 101 Å². The summed E-state index contributed by atoms with van der Waals surface area (Å²) in [6.07, 6.45) is 9.46. The molecule has 7 aliphatic rings. The monoisotopic (exact) mass is 914 g/mol. The lowest BCUT2D eigenvalue weighted by Crippen LogP contribution is -2.58. The highest BCUT2D eigenvalue weighted by Gasteiger charge is 2.60. The van der Waals surface area contributed by atoms with Crippen LogP contribution in [0.25, 0.3) is 0 Å². The van der Waals surface area contributed by atoms with Gasteiger partial charge in [-0.1, -0.05) is 70.6 Å². The van der Waals surface area contributed by atoms with Gasteiger partial charge in [0.15, 0.2) is 18.4 Å². The topological polar surface area (TPSA) is 179 Å². The van der Waals surface area contributed by atoms with Crippen molar-refractivity contribution in [2.45, 2.75) is 198 Å². The summed E-state index contributed by atoms with van der Waals surface area (Å²) in [5, 5.41) is 26.7. The molecule has 1 amide bonds. The number of rotatable bonds is 9. The highest BCUT2D eigenvalue weighted by atomic mass is 16.7. The highest BCUT2D eigenvalue weighted by molar-refractivity contribution is 5.78. The van der Waals surface area contributed by atoms with Gasteiger partial charge in [0.25, 0.3) is 0 Å². The van der Waals surface area contributed by atoms with E-state index in [1.807, 2.05) is 39.0 Å². The van der Waals surface area contributed by atoms with Crippen molar-refractivity contribution in [3.05, 3.63) is 59.3 Å². The molecular formula is C50H75NO14. The largest absolute Gasteiger partial charge is 0.462 e. The molecule has 15 nitrogen and oxygen atoms in total. The van der Waals surface area contributed by atoms with E-state index in [2.05, 4.69) is 45.2 Å². The number of allylic oxidation sites excluding steroid dienone is 2. The molecule has 0 aromatic rings. The number of amides is 1. The van der Waals surface area contributed by atoms with Gasteiger partial charge in [-0.25, -0.2) is 0 Å². The van der Waals surface area contributed by atoms with Gasteiger partial charge in [0, 0.05) is 58.7 Å². The molecule has 20 unspecified atom stereocenters. The maximum absolute atomic E-state index is 14.4. The van der Waals surface area contributed by atoms with Crippen LogP contribution < -0.4 is 5.32 Å². The minimum atomic E-state index is -1.84. The van der Waals surface area contributed by atoms with Gasteiger partial charge in [0.2, 0.25) is 5.91 Å². The van der Waals surface area contributed by atoms with Crippen LogP contribution >= 0.6 is 0 Å². The third-order valence-corrected chi connectivity index (χ3v) is 14.9. The Hall–Kier alpha value is -2.80. The molecule has 4 fully saturated rings. The molecule has 2 bridgehead atoms. The maximum Gasteiger partial charge on any atom is 0.316 e. The van der Waals surface area contributed by atoms with Crippen molar-refractivity contribution < 1.29 is 67.2 Å². The van der Waals surface area contributed by atoms with E-state index in [9.17, 15) is 19.8 Å². The third-order valence-electron chi connectivity index (χ3n) is 14.9. The maximum atomic E-state index is 14.4. The van der Waals surface area contributed by atoms with Crippen LogP contribution in [0.4, 0.5) is 0 Å². The number of carbonyl (C=O) groups excluding carboxylic acids is 2. The molecule has 0 saturated carbocycles. The van der Waals surface area contributed by atoms with Crippen molar-refractivity contribution in [3.8, 4) is 0 Å². The minimum absolute atomic E-state index is 0.0270. The number of methoxy groups -OCH3 is 2. The summed E-state index contributed by atoms with van der Waals surface area (Å²) in [7, 11) is 3.27. The van der Waals surface area contributed by atoms with Crippen LogP contribution in [-0.4, -0.2) is 140 Å². The quantitative estimate of drug-likeness (QED) is 0.195. The van der Waals surface area contributed by atoms with E-state index in [-0.39, 0.29) is 61.0 Å². The van der Waals surface area contributed by atoms with E-state index in [1.165, 1.54) is 6.92 Å². The lowest BCUT2D eigenvalue weighted by molar-refractivity contribution is -0.311. The second kappa shape index (κ2) is 20.8. The molecule has 364 valence electrons. The number of aliphatic hydroxyl groups is 2. The number of nitrogens with one attached hydrogen (secondary N) is 1. The Kier molecular flexibility index (Phi) is 16.0. The highest BCUT2D eigenvalue weighted by Crippen LogP contribution is 2.47. The fraction of sp³-hybridized carbons (Fsp3) is 0.760. The number of fused-ring (bicyclic) bond motifs is 2. The first kappa shape index (κ1) is 50.1. The molecule has 0 aromatic carbocycles. The van der Waals surface area contributed by atoms with Crippen LogP contribution in [0.2, 0.25) is 0 Å². The Morgan fingerprint density at radius 3 is 2.35 bits per heavy atom. The molecule has 65 heavy (non-hydrogen) atoms. The van der Waals surface area contributed by atoms with Gasteiger partial charge in [0.05, 0.1) is 55.4 Å². The van der Waals surface area contributed by atoms with E-state index >= 15 is 0 Å². The number of esters is 1. The Bertz CT molecular complexity index is 1850. The Morgan fingerprint density at radius 1 is 0.938 bits per heavy atom. The van der Waals surface area contributed by atoms with Gasteiger partial charge < -0.3 is 62.9 Å². The van der Waals surface area contributed by atoms with Crippen molar-refractivity contribution in [2.75, 3.05) is 20.8 Å². The van der Waals surface area contributed by atoms with Gasteiger partial charge in [-0.3, -0.25) is 9.59 Å². The standard InChI is InChI=1S/C50H75NO14/c1-12-26(2)45-29(5)18-19-49(65-45)24-36-21-35(64-49)17-16-28(4)44(27(3)14-13-15-34-25-58-47-43(53)30(6)20-37(48(54)61-36)50(34,47)55)62-41-23-39(57-11)46(32(8)60-41)63-40-22-38(56-10)42(31(7)59-40)51-33(9)52/h13-16,18-20,26-27,29,31-32,35-47,53,55H,12,17,21-25H2,1-11H3,(H,51,52)/b14-13+,28-16+,34-15+. The zero-order valence-corrected chi connectivity index (χ0v) is 40.2. The summed E-state index contributed by atoms with van der Waals surface area (Å²) in [4.78, 5) is 26.3. The number of hydrogen-bond acceptors (Lipinski definition) is 14. The molecule has 1 spiro atoms. The summed E-state index contributed by atoms with van der Waals surface area (Å²) >= 11 is 0. The molecule has 7 rings (SSSR count). The predicted molar refractivity (Wildman–Crippen MR) is 239 cm³/mol. The average molecular weight is 914 g/mol. The van der Waals surface area contributed by atoms with E-state index in [4.69, 9.17) is 47.4 Å². The van der Waals surface area contributed by atoms with Gasteiger partial charge in [0.1, 0.15) is 35.9 Å². The SMILES string of the molecule is CCC(C)C1OC2(C=CC1C)CC1CC(C/C=C(\C)C(OC3CC(OC)C(OC4CC(OC)C(NC(C)=O)C(C)O4)C(C)O3)C(C)/C=C/C=C3\COC4C(O)C(C)=CC(C(=O)O1)C34O)O2. The zero-order chi connectivity index (χ0) is 47.0.